The van der Waals surface area contributed by atoms with Crippen molar-refractivity contribution in [3.8, 4) is 0 Å². The fourth-order valence-corrected chi connectivity index (χ4v) is 2.42. The van der Waals surface area contributed by atoms with Gasteiger partial charge in [0.1, 0.15) is 5.76 Å². The Kier molecular flexibility index (Phi) is 3.81. The van der Waals surface area contributed by atoms with E-state index in [0.29, 0.717) is 13.2 Å². The van der Waals surface area contributed by atoms with E-state index >= 15 is 0 Å². The van der Waals surface area contributed by atoms with E-state index in [9.17, 15) is 4.79 Å². The molecule has 2 N–H and O–H groups in total. The maximum atomic E-state index is 11.4. The molecule has 1 amide bonds. The number of carbonyl (C=O) groups is 1. The number of nitrogens with zero attached hydrogens (tertiary/aromatic N) is 1. The molecule has 0 spiro atoms. The second kappa shape index (κ2) is 5.33. The Morgan fingerprint density at radius 1 is 1.65 bits per heavy atom. The van der Waals surface area contributed by atoms with E-state index in [-0.39, 0.29) is 17.7 Å². The normalized spacial score (nSPS) is 25.2. The summed E-state index contributed by atoms with van der Waals surface area (Å²) in [6, 6.07) is 3.80. The van der Waals surface area contributed by atoms with Crippen LogP contribution in [0.25, 0.3) is 0 Å². The van der Waals surface area contributed by atoms with Gasteiger partial charge in [-0.1, -0.05) is 0 Å². The maximum Gasteiger partial charge on any atom is 0.222 e. The summed E-state index contributed by atoms with van der Waals surface area (Å²) in [7, 11) is 1.65. The number of ether oxygens (including phenoxy) is 1. The first kappa shape index (κ1) is 12.1. The highest BCUT2D eigenvalue weighted by Crippen LogP contribution is 2.25. The molecule has 0 aromatic carbocycles. The van der Waals surface area contributed by atoms with Gasteiger partial charge in [-0.25, -0.2) is 0 Å². The average molecular weight is 238 g/mol. The van der Waals surface area contributed by atoms with E-state index in [0.717, 1.165) is 18.8 Å². The number of nitrogens with two attached hydrogens (primary N) is 1. The Labute approximate surface area is 101 Å². The average Bonchev–Trinajstić information content (AvgIpc) is 2.89. The predicted molar refractivity (Wildman–Crippen MR) is 62.0 cm³/mol. The number of likely N-dealkylation sites (tertiary alicyclic amines) is 1. The topological polar surface area (TPSA) is 68.7 Å². The summed E-state index contributed by atoms with van der Waals surface area (Å²) >= 11 is 0. The lowest BCUT2D eigenvalue weighted by Gasteiger charge is -2.13. The van der Waals surface area contributed by atoms with Gasteiger partial charge >= 0.3 is 0 Å². The molecule has 5 heteroatoms. The molecule has 0 radical (unpaired) electrons. The minimum Gasteiger partial charge on any atom is -0.468 e. The van der Waals surface area contributed by atoms with Crippen molar-refractivity contribution in [1.82, 2.24) is 4.90 Å². The molecule has 2 heterocycles. The molecule has 0 saturated carbocycles. The largest absolute Gasteiger partial charge is 0.468 e. The molecular formula is C12H18N2O3. The second-order valence-corrected chi connectivity index (χ2v) is 4.50. The first-order valence-corrected chi connectivity index (χ1v) is 5.73. The molecule has 2 rings (SSSR count). The first-order chi connectivity index (χ1) is 8.20. The Bertz CT molecular complexity index is 364. The molecule has 0 bridgehead atoms. The van der Waals surface area contributed by atoms with Gasteiger partial charge in [0.15, 0.2) is 0 Å². The van der Waals surface area contributed by atoms with Crippen LogP contribution in [0, 0.1) is 11.8 Å². The van der Waals surface area contributed by atoms with Gasteiger partial charge in [0.05, 0.1) is 25.3 Å². The van der Waals surface area contributed by atoms with Crippen molar-refractivity contribution in [1.29, 1.82) is 0 Å². The zero-order chi connectivity index (χ0) is 12.3. The number of hydrogen-bond acceptors (Lipinski definition) is 4. The van der Waals surface area contributed by atoms with Crippen molar-refractivity contribution in [2.75, 3.05) is 26.8 Å². The number of hydrogen-bond donors (Lipinski definition) is 1. The van der Waals surface area contributed by atoms with Crippen molar-refractivity contribution >= 4 is 5.91 Å². The van der Waals surface area contributed by atoms with Crippen LogP contribution in [0.1, 0.15) is 5.76 Å². The SMILES string of the molecule is COC[C@@H]1CN(Cc2ccco2)C[C@H]1C(N)=O. The number of rotatable bonds is 5. The monoisotopic (exact) mass is 238 g/mol. The summed E-state index contributed by atoms with van der Waals surface area (Å²) in [6.45, 7) is 2.80. The molecule has 17 heavy (non-hydrogen) atoms. The van der Waals surface area contributed by atoms with Crippen LogP contribution in [0.5, 0.6) is 0 Å². The molecule has 0 unspecified atom stereocenters. The smallest absolute Gasteiger partial charge is 0.222 e. The van der Waals surface area contributed by atoms with Crippen LogP contribution >= 0.6 is 0 Å². The van der Waals surface area contributed by atoms with Crippen LogP contribution in [0.3, 0.4) is 0 Å². The van der Waals surface area contributed by atoms with E-state index in [4.69, 9.17) is 14.9 Å². The molecule has 1 aliphatic heterocycles. The van der Waals surface area contributed by atoms with Gasteiger partial charge in [-0.3, -0.25) is 9.69 Å². The molecule has 1 aromatic rings. The summed E-state index contributed by atoms with van der Waals surface area (Å²) in [5.41, 5.74) is 5.41. The van der Waals surface area contributed by atoms with E-state index in [2.05, 4.69) is 4.90 Å². The fraction of sp³-hybridized carbons (Fsp3) is 0.583. The van der Waals surface area contributed by atoms with Gasteiger partial charge in [0, 0.05) is 26.1 Å². The van der Waals surface area contributed by atoms with Crippen LogP contribution in [-0.4, -0.2) is 37.6 Å². The van der Waals surface area contributed by atoms with Crippen LogP contribution < -0.4 is 5.73 Å². The van der Waals surface area contributed by atoms with E-state index in [1.807, 2.05) is 12.1 Å². The van der Waals surface area contributed by atoms with Gasteiger partial charge in [-0.2, -0.15) is 0 Å². The number of carbonyl (C=O) groups excluding carboxylic acids is 1. The zero-order valence-electron chi connectivity index (χ0n) is 9.96. The first-order valence-electron chi connectivity index (χ1n) is 5.73. The van der Waals surface area contributed by atoms with Crippen molar-refractivity contribution in [2.24, 2.45) is 17.6 Å². The van der Waals surface area contributed by atoms with Crippen LogP contribution in [0.4, 0.5) is 0 Å². The van der Waals surface area contributed by atoms with E-state index in [1.54, 1.807) is 13.4 Å². The minimum absolute atomic E-state index is 0.120. The highest BCUT2D eigenvalue weighted by Gasteiger charge is 2.36. The van der Waals surface area contributed by atoms with Crippen LogP contribution in [-0.2, 0) is 16.1 Å². The van der Waals surface area contributed by atoms with Crippen molar-refractivity contribution in [3.63, 3.8) is 0 Å². The third kappa shape index (κ3) is 2.87. The van der Waals surface area contributed by atoms with Gasteiger partial charge in [0.2, 0.25) is 5.91 Å². The second-order valence-electron chi connectivity index (χ2n) is 4.50. The molecule has 1 aromatic heterocycles. The lowest BCUT2D eigenvalue weighted by Crippen LogP contribution is -2.31. The van der Waals surface area contributed by atoms with E-state index < -0.39 is 0 Å². The molecule has 1 aliphatic rings. The predicted octanol–water partition coefficient (Wildman–Crippen LogP) is 0.459. The third-order valence-corrected chi connectivity index (χ3v) is 3.22. The van der Waals surface area contributed by atoms with Gasteiger partial charge in [-0.05, 0) is 12.1 Å². The van der Waals surface area contributed by atoms with Gasteiger partial charge in [0.25, 0.3) is 0 Å². The molecular weight excluding hydrogens is 220 g/mol. The van der Waals surface area contributed by atoms with Gasteiger partial charge < -0.3 is 14.9 Å². The molecule has 0 aliphatic carbocycles. The third-order valence-electron chi connectivity index (χ3n) is 3.22. The molecule has 1 saturated heterocycles. The fourth-order valence-electron chi connectivity index (χ4n) is 2.42. The highest BCUT2D eigenvalue weighted by atomic mass is 16.5. The summed E-state index contributed by atoms with van der Waals surface area (Å²) in [4.78, 5) is 13.5. The van der Waals surface area contributed by atoms with Gasteiger partial charge in [-0.15, -0.1) is 0 Å². The van der Waals surface area contributed by atoms with E-state index in [1.165, 1.54) is 0 Å². The van der Waals surface area contributed by atoms with Crippen molar-refractivity contribution in [3.05, 3.63) is 24.2 Å². The lowest BCUT2D eigenvalue weighted by molar-refractivity contribution is -0.123. The summed E-state index contributed by atoms with van der Waals surface area (Å²) < 4.78 is 10.4. The number of methoxy groups -OCH3 is 1. The van der Waals surface area contributed by atoms with Crippen LogP contribution in [0.2, 0.25) is 0 Å². The summed E-state index contributed by atoms with van der Waals surface area (Å²) in [5, 5.41) is 0. The molecule has 94 valence electrons. The number of primary amides is 1. The Balaban J connectivity index is 1.96. The maximum absolute atomic E-state index is 11.4. The number of furan rings is 1. The summed E-state index contributed by atoms with van der Waals surface area (Å²) in [6.07, 6.45) is 1.66. The Hall–Kier alpha value is -1.33. The van der Waals surface area contributed by atoms with Crippen molar-refractivity contribution < 1.29 is 13.9 Å². The Morgan fingerprint density at radius 2 is 2.47 bits per heavy atom. The quantitative estimate of drug-likeness (QED) is 0.809. The molecule has 5 nitrogen and oxygen atoms in total. The standard InChI is InChI=1S/C12H18N2O3/c1-16-8-9-5-14(7-11(9)12(13)15)6-10-3-2-4-17-10/h2-4,9,11H,5-8H2,1H3,(H2,13,15)/t9-,11+/m0/s1. The molecule has 2 atom stereocenters. The highest BCUT2D eigenvalue weighted by molar-refractivity contribution is 5.77. The van der Waals surface area contributed by atoms with Crippen molar-refractivity contribution in [2.45, 2.75) is 6.54 Å². The lowest BCUT2D eigenvalue weighted by atomic mass is 9.96. The minimum atomic E-state index is -0.242. The summed E-state index contributed by atoms with van der Waals surface area (Å²) in [5.74, 6) is 0.734. The van der Waals surface area contributed by atoms with Crippen LogP contribution in [0.15, 0.2) is 22.8 Å². The number of amides is 1. The Morgan fingerprint density at radius 3 is 3.06 bits per heavy atom. The zero-order valence-corrected chi connectivity index (χ0v) is 9.96. The molecule has 1 fully saturated rings.